The normalized spacial score (nSPS) is 28.0. The van der Waals surface area contributed by atoms with E-state index in [1.807, 2.05) is 16.7 Å². The number of amides is 2. The van der Waals surface area contributed by atoms with Crippen LogP contribution in [-0.4, -0.2) is 92.3 Å². The minimum atomic E-state index is -0.175. The van der Waals surface area contributed by atoms with Gasteiger partial charge in [-0.1, -0.05) is 0 Å². The average molecular weight is 382 g/mol. The molecule has 0 unspecified atom stereocenters. The summed E-state index contributed by atoms with van der Waals surface area (Å²) in [5, 5.41) is 0. The van der Waals surface area contributed by atoms with Crippen LogP contribution in [0.5, 0.6) is 0 Å². The Balaban J connectivity index is 1.55. The molecule has 2 amide bonds. The fraction of sp³-hybridized carbons (Fsp3) is 0.900. The molecule has 3 aliphatic heterocycles. The SMILES string of the molecule is CCOC(=O)N1CCC(N2CCC[C@@]3(CCC(=O)N(CCOC)C3)C2)CC1. The van der Waals surface area contributed by atoms with Crippen molar-refractivity contribution in [3.63, 3.8) is 0 Å². The molecule has 1 atom stereocenters. The van der Waals surface area contributed by atoms with E-state index in [9.17, 15) is 9.59 Å². The van der Waals surface area contributed by atoms with Gasteiger partial charge in [0.15, 0.2) is 0 Å². The van der Waals surface area contributed by atoms with Crippen LogP contribution in [0.1, 0.15) is 45.4 Å². The third kappa shape index (κ3) is 4.93. The van der Waals surface area contributed by atoms with Crippen LogP contribution in [-0.2, 0) is 14.3 Å². The first-order valence-electron chi connectivity index (χ1n) is 10.5. The van der Waals surface area contributed by atoms with Crippen LogP contribution in [0.15, 0.2) is 0 Å². The summed E-state index contributed by atoms with van der Waals surface area (Å²) in [5.41, 5.74) is 0.234. The minimum absolute atomic E-state index is 0.175. The van der Waals surface area contributed by atoms with Gasteiger partial charge in [0.2, 0.25) is 5.91 Å². The van der Waals surface area contributed by atoms with Crippen LogP contribution >= 0.6 is 0 Å². The molecule has 0 aliphatic carbocycles. The number of carbonyl (C=O) groups excluding carboxylic acids is 2. The predicted molar refractivity (Wildman–Crippen MR) is 103 cm³/mol. The molecule has 7 nitrogen and oxygen atoms in total. The number of hydrogen-bond donors (Lipinski definition) is 0. The summed E-state index contributed by atoms with van der Waals surface area (Å²) in [6, 6.07) is 0.540. The van der Waals surface area contributed by atoms with Gasteiger partial charge >= 0.3 is 6.09 Å². The molecule has 3 fully saturated rings. The number of ether oxygens (including phenoxy) is 2. The van der Waals surface area contributed by atoms with Crippen molar-refractivity contribution in [2.75, 3.05) is 59.6 Å². The summed E-state index contributed by atoms with van der Waals surface area (Å²) in [5.74, 6) is 0.276. The van der Waals surface area contributed by atoms with Crippen LogP contribution in [0.25, 0.3) is 0 Å². The summed E-state index contributed by atoms with van der Waals surface area (Å²) in [6.45, 7) is 8.25. The van der Waals surface area contributed by atoms with Gasteiger partial charge in [-0.15, -0.1) is 0 Å². The molecular formula is C20H35N3O4. The van der Waals surface area contributed by atoms with E-state index in [-0.39, 0.29) is 17.4 Å². The largest absolute Gasteiger partial charge is 0.450 e. The maximum Gasteiger partial charge on any atom is 0.409 e. The molecule has 3 aliphatic rings. The number of hydrogen-bond acceptors (Lipinski definition) is 5. The molecule has 3 rings (SSSR count). The number of nitrogens with zero attached hydrogens (tertiary/aromatic N) is 3. The van der Waals surface area contributed by atoms with E-state index in [0.717, 1.165) is 52.0 Å². The molecule has 1 spiro atoms. The van der Waals surface area contributed by atoms with Crippen molar-refractivity contribution in [3.8, 4) is 0 Å². The fourth-order valence-corrected chi connectivity index (χ4v) is 5.03. The van der Waals surface area contributed by atoms with Crippen LogP contribution in [0.4, 0.5) is 4.79 Å². The smallest absolute Gasteiger partial charge is 0.409 e. The Labute approximate surface area is 162 Å². The van der Waals surface area contributed by atoms with Crippen LogP contribution < -0.4 is 0 Å². The Morgan fingerprint density at radius 1 is 1.19 bits per heavy atom. The van der Waals surface area contributed by atoms with Crippen molar-refractivity contribution >= 4 is 12.0 Å². The zero-order chi connectivity index (χ0) is 19.3. The molecule has 0 N–H and O–H groups in total. The van der Waals surface area contributed by atoms with Gasteiger partial charge in [-0.05, 0) is 45.6 Å². The monoisotopic (exact) mass is 381 g/mol. The van der Waals surface area contributed by atoms with E-state index < -0.39 is 0 Å². The first-order chi connectivity index (χ1) is 13.1. The van der Waals surface area contributed by atoms with Gasteiger partial charge in [0, 0.05) is 57.7 Å². The second kappa shape index (κ2) is 9.24. The number of methoxy groups -OCH3 is 1. The van der Waals surface area contributed by atoms with Crippen molar-refractivity contribution in [3.05, 3.63) is 0 Å². The lowest BCUT2D eigenvalue weighted by Crippen LogP contribution is -2.57. The summed E-state index contributed by atoms with van der Waals surface area (Å²) < 4.78 is 10.3. The van der Waals surface area contributed by atoms with Crippen molar-refractivity contribution in [2.24, 2.45) is 5.41 Å². The van der Waals surface area contributed by atoms with Crippen LogP contribution in [0, 0.1) is 5.41 Å². The number of likely N-dealkylation sites (tertiary alicyclic amines) is 3. The van der Waals surface area contributed by atoms with Gasteiger partial charge in [0.1, 0.15) is 0 Å². The Kier molecular flexibility index (Phi) is 6.98. The summed E-state index contributed by atoms with van der Waals surface area (Å²) in [7, 11) is 1.69. The van der Waals surface area contributed by atoms with Crippen molar-refractivity contribution in [1.29, 1.82) is 0 Å². The van der Waals surface area contributed by atoms with Crippen molar-refractivity contribution in [2.45, 2.75) is 51.5 Å². The summed E-state index contributed by atoms with van der Waals surface area (Å²) in [6.07, 6.45) is 5.94. The van der Waals surface area contributed by atoms with E-state index in [4.69, 9.17) is 9.47 Å². The molecule has 0 aromatic rings. The number of rotatable bonds is 5. The zero-order valence-electron chi connectivity index (χ0n) is 17.0. The van der Waals surface area contributed by atoms with Crippen LogP contribution in [0.2, 0.25) is 0 Å². The molecule has 7 heteroatoms. The molecule has 0 bridgehead atoms. The molecule has 0 aromatic carbocycles. The molecule has 154 valence electrons. The highest BCUT2D eigenvalue weighted by Gasteiger charge is 2.43. The van der Waals surface area contributed by atoms with E-state index >= 15 is 0 Å². The molecule has 3 heterocycles. The van der Waals surface area contributed by atoms with Crippen molar-refractivity contribution in [1.82, 2.24) is 14.7 Å². The standard InChI is InChI=1S/C20H35N3O4/c1-3-27-19(25)21-11-6-17(7-12-21)22-10-4-8-20(15-22)9-5-18(24)23(16-20)13-14-26-2/h17H,3-16H2,1-2H3/t20-/m1/s1. The molecule has 0 aromatic heterocycles. The Hall–Kier alpha value is -1.34. The highest BCUT2D eigenvalue weighted by Crippen LogP contribution is 2.40. The van der Waals surface area contributed by atoms with E-state index in [1.165, 1.54) is 12.8 Å². The van der Waals surface area contributed by atoms with Gasteiger partial charge in [0.05, 0.1) is 13.2 Å². The second-order valence-corrected chi connectivity index (χ2v) is 8.30. The lowest BCUT2D eigenvalue weighted by molar-refractivity contribution is -0.140. The predicted octanol–water partition coefficient (Wildman–Crippen LogP) is 1.96. The van der Waals surface area contributed by atoms with Gasteiger partial charge in [-0.25, -0.2) is 4.79 Å². The highest BCUT2D eigenvalue weighted by molar-refractivity contribution is 5.77. The van der Waals surface area contributed by atoms with Gasteiger partial charge in [0.25, 0.3) is 0 Å². The Bertz CT molecular complexity index is 521. The third-order valence-electron chi connectivity index (χ3n) is 6.51. The molecule has 0 saturated carbocycles. The summed E-state index contributed by atoms with van der Waals surface area (Å²) >= 11 is 0. The summed E-state index contributed by atoms with van der Waals surface area (Å²) in [4.78, 5) is 30.7. The molecule has 0 radical (unpaired) electrons. The molecule has 3 saturated heterocycles. The first kappa shape index (κ1) is 20.4. The quantitative estimate of drug-likeness (QED) is 0.728. The van der Waals surface area contributed by atoms with Gasteiger partial charge in [-0.2, -0.15) is 0 Å². The second-order valence-electron chi connectivity index (χ2n) is 8.30. The van der Waals surface area contributed by atoms with E-state index in [2.05, 4.69) is 4.90 Å². The zero-order valence-corrected chi connectivity index (χ0v) is 17.0. The Morgan fingerprint density at radius 3 is 2.67 bits per heavy atom. The Morgan fingerprint density at radius 2 is 1.96 bits per heavy atom. The average Bonchev–Trinajstić information content (AvgIpc) is 2.69. The lowest BCUT2D eigenvalue weighted by Gasteiger charge is -2.51. The molecule has 27 heavy (non-hydrogen) atoms. The van der Waals surface area contributed by atoms with E-state index in [1.54, 1.807) is 7.11 Å². The highest BCUT2D eigenvalue weighted by atomic mass is 16.6. The maximum absolute atomic E-state index is 12.3. The lowest BCUT2D eigenvalue weighted by atomic mass is 9.73. The topological polar surface area (TPSA) is 62.3 Å². The van der Waals surface area contributed by atoms with Crippen molar-refractivity contribution < 1.29 is 19.1 Å². The molecular weight excluding hydrogens is 346 g/mol. The van der Waals surface area contributed by atoms with Gasteiger partial charge in [-0.3, -0.25) is 9.69 Å². The first-order valence-corrected chi connectivity index (χ1v) is 10.5. The number of carbonyl (C=O) groups is 2. The van der Waals surface area contributed by atoms with E-state index in [0.29, 0.717) is 32.2 Å². The van der Waals surface area contributed by atoms with Crippen LogP contribution in [0.3, 0.4) is 0 Å². The maximum atomic E-state index is 12.3. The fourth-order valence-electron chi connectivity index (χ4n) is 5.03. The number of piperidine rings is 3. The third-order valence-corrected chi connectivity index (χ3v) is 6.51. The minimum Gasteiger partial charge on any atom is -0.450 e. The van der Waals surface area contributed by atoms with Gasteiger partial charge < -0.3 is 19.3 Å².